The molecule has 1 atom stereocenters. The van der Waals surface area contributed by atoms with E-state index < -0.39 is 0 Å². The average Bonchev–Trinajstić information content (AvgIpc) is 2.43. The second-order valence-corrected chi connectivity index (χ2v) is 5.90. The molecule has 2 aromatic rings. The Kier molecular flexibility index (Phi) is 5.20. The van der Waals surface area contributed by atoms with E-state index in [9.17, 15) is 0 Å². The molecule has 0 spiro atoms. The molecular formula is C16H19BrN2O2. The molecule has 0 saturated carbocycles. The summed E-state index contributed by atoms with van der Waals surface area (Å²) >= 11 is 3.47. The number of aromatic nitrogens is 1. The lowest BCUT2D eigenvalue weighted by Crippen LogP contribution is -2.17. The summed E-state index contributed by atoms with van der Waals surface area (Å²) in [7, 11) is 1.63. The van der Waals surface area contributed by atoms with Crippen LogP contribution in [-0.2, 0) is 6.42 Å². The van der Waals surface area contributed by atoms with Crippen molar-refractivity contribution in [2.24, 2.45) is 5.73 Å². The van der Waals surface area contributed by atoms with Crippen LogP contribution in [0.15, 0.2) is 34.9 Å². The van der Waals surface area contributed by atoms with E-state index in [4.69, 9.17) is 15.2 Å². The number of nitrogens with zero attached hydrogens (tertiary/aromatic N) is 1. The van der Waals surface area contributed by atoms with Crippen LogP contribution in [0.25, 0.3) is 0 Å². The van der Waals surface area contributed by atoms with Gasteiger partial charge in [0.05, 0.1) is 11.6 Å². The Bertz CT molecular complexity index is 630. The van der Waals surface area contributed by atoms with Gasteiger partial charge in [-0.05, 0) is 66.0 Å². The zero-order chi connectivity index (χ0) is 15.4. The number of methoxy groups -OCH3 is 1. The van der Waals surface area contributed by atoms with Crippen LogP contribution in [-0.4, -0.2) is 18.1 Å². The van der Waals surface area contributed by atoms with Gasteiger partial charge in [-0.1, -0.05) is 0 Å². The minimum absolute atomic E-state index is 0.119. The number of pyridine rings is 1. The van der Waals surface area contributed by atoms with E-state index in [-0.39, 0.29) is 6.04 Å². The molecule has 1 aromatic heterocycles. The first-order valence-electron chi connectivity index (χ1n) is 6.72. The highest BCUT2D eigenvalue weighted by Gasteiger charge is 2.09. The van der Waals surface area contributed by atoms with Crippen molar-refractivity contribution in [3.8, 4) is 17.4 Å². The summed E-state index contributed by atoms with van der Waals surface area (Å²) in [6.45, 7) is 3.96. The number of aryl methyl sites for hydroxylation is 1. The molecule has 1 unspecified atom stereocenters. The Hall–Kier alpha value is -1.59. The first-order valence-corrected chi connectivity index (χ1v) is 7.51. The van der Waals surface area contributed by atoms with Gasteiger partial charge in [-0.2, -0.15) is 0 Å². The Morgan fingerprint density at radius 2 is 2.10 bits per heavy atom. The van der Waals surface area contributed by atoms with Gasteiger partial charge in [0.2, 0.25) is 5.88 Å². The largest absolute Gasteiger partial charge is 0.497 e. The average molecular weight is 351 g/mol. The van der Waals surface area contributed by atoms with E-state index in [2.05, 4.69) is 27.0 Å². The van der Waals surface area contributed by atoms with Gasteiger partial charge in [0.1, 0.15) is 11.5 Å². The number of halogens is 1. The Morgan fingerprint density at radius 1 is 1.33 bits per heavy atom. The molecule has 0 bridgehead atoms. The fraction of sp³-hybridized carbons (Fsp3) is 0.312. The molecule has 2 N–H and O–H groups in total. The van der Waals surface area contributed by atoms with Gasteiger partial charge in [0.15, 0.2) is 0 Å². The standard InChI is InChI=1S/C16H19BrN2O2/c1-10-6-12(7-11(2)18)9-19-16(10)21-15-5-4-13(20-3)8-14(15)17/h4-6,8-9,11H,7,18H2,1-3H3. The summed E-state index contributed by atoms with van der Waals surface area (Å²) in [6.07, 6.45) is 2.61. The molecule has 112 valence electrons. The van der Waals surface area contributed by atoms with Crippen LogP contribution < -0.4 is 15.2 Å². The van der Waals surface area contributed by atoms with Crippen molar-refractivity contribution in [2.45, 2.75) is 26.3 Å². The van der Waals surface area contributed by atoms with Gasteiger partial charge in [-0.25, -0.2) is 4.98 Å². The lowest BCUT2D eigenvalue weighted by molar-refractivity contribution is 0.411. The molecule has 4 nitrogen and oxygen atoms in total. The van der Waals surface area contributed by atoms with Crippen molar-refractivity contribution < 1.29 is 9.47 Å². The molecule has 5 heteroatoms. The third-order valence-electron chi connectivity index (χ3n) is 2.99. The van der Waals surface area contributed by atoms with Crippen LogP contribution in [0.3, 0.4) is 0 Å². The summed E-state index contributed by atoms with van der Waals surface area (Å²) in [5.74, 6) is 2.06. The van der Waals surface area contributed by atoms with E-state index >= 15 is 0 Å². The first kappa shape index (κ1) is 15.8. The summed E-state index contributed by atoms with van der Waals surface area (Å²) in [6, 6.07) is 7.73. The van der Waals surface area contributed by atoms with Crippen LogP contribution >= 0.6 is 15.9 Å². The van der Waals surface area contributed by atoms with E-state index in [1.54, 1.807) is 7.11 Å². The van der Waals surface area contributed by atoms with Crippen molar-refractivity contribution in [2.75, 3.05) is 7.11 Å². The number of hydrogen-bond acceptors (Lipinski definition) is 4. The number of ether oxygens (including phenoxy) is 2. The molecule has 1 heterocycles. The van der Waals surface area contributed by atoms with Crippen LogP contribution in [0.5, 0.6) is 17.4 Å². The third-order valence-corrected chi connectivity index (χ3v) is 3.61. The number of benzene rings is 1. The Labute approximate surface area is 133 Å². The molecule has 0 aliphatic rings. The molecule has 0 fully saturated rings. The lowest BCUT2D eigenvalue weighted by Gasteiger charge is -2.12. The summed E-state index contributed by atoms with van der Waals surface area (Å²) in [5, 5.41) is 0. The highest BCUT2D eigenvalue weighted by atomic mass is 79.9. The van der Waals surface area contributed by atoms with Gasteiger partial charge in [-0.3, -0.25) is 0 Å². The highest BCUT2D eigenvalue weighted by molar-refractivity contribution is 9.10. The third kappa shape index (κ3) is 4.19. The second kappa shape index (κ2) is 6.91. The number of hydrogen-bond donors (Lipinski definition) is 1. The van der Waals surface area contributed by atoms with Gasteiger partial charge in [0, 0.05) is 17.8 Å². The predicted octanol–water partition coefficient (Wildman–Crippen LogP) is 3.84. The number of nitrogens with two attached hydrogens (primary N) is 1. The molecular weight excluding hydrogens is 332 g/mol. The molecule has 0 aliphatic heterocycles. The van der Waals surface area contributed by atoms with Gasteiger partial charge < -0.3 is 15.2 Å². The normalized spacial score (nSPS) is 12.0. The summed E-state index contributed by atoms with van der Waals surface area (Å²) in [5.41, 5.74) is 7.90. The topological polar surface area (TPSA) is 57.4 Å². The molecule has 21 heavy (non-hydrogen) atoms. The van der Waals surface area contributed by atoms with Gasteiger partial charge >= 0.3 is 0 Å². The van der Waals surface area contributed by atoms with Crippen molar-refractivity contribution in [1.29, 1.82) is 0 Å². The van der Waals surface area contributed by atoms with E-state index in [1.807, 2.05) is 38.2 Å². The van der Waals surface area contributed by atoms with E-state index in [0.717, 1.165) is 27.8 Å². The van der Waals surface area contributed by atoms with Crippen molar-refractivity contribution >= 4 is 15.9 Å². The number of rotatable bonds is 5. The molecule has 0 amide bonds. The quantitative estimate of drug-likeness (QED) is 0.889. The van der Waals surface area contributed by atoms with Crippen molar-refractivity contribution in [1.82, 2.24) is 4.98 Å². The molecule has 2 rings (SSSR count). The maximum Gasteiger partial charge on any atom is 0.222 e. The molecule has 1 aromatic carbocycles. The van der Waals surface area contributed by atoms with Crippen molar-refractivity contribution in [3.63, 3.8) is 0 Å². The lowest BCUT2D eigenvalue weighted by atomic mass is 10.1. The van der Waals surface area contributed by atoms with Crippen molar-refractivity contribution in [3.05, 3.63) is 46.1 Å². The summed E-state index contributed by atoms with van der Waals surface area (Å²) in [4.78, 5) is 4.38. The van der Waals surface area contributed by atoms with Crippen LogP contribution in [0, 0.1) is 6.92 Å². The molecule has 0 radical (unpaired) electrons. The first-order chi connectivity index (χ1) is 9.99. The fourth-order valence-corrected chi connectivity index (χ4v) is 2.44. The monoisotopic (exact) mass is 350 g/mol. The van der Waals surface area contributed by atoms with Crippen LogP contribution in [0.4, 0.5) is 0 Å². The Morgan fingerprint density at radius 3 is 2.67 bits per heavy atom. The summed E-state index contributed by atoms with van der Waals surface area (Å²) < 4.78 is 11.8. The maximum atomic E-state index is 5.85. The van der Waals surface area contributed by atoms with E-state index in [1.165, 1.54) is 0 Å². The minimum Gasteiger partial charge on any atom is -0.497 e. The zero-order valence-corrected chi connectivity index (χ0v) is 14.0. The smallest absolute Gasteiger partial charge is 0.222 e. The van der Waals surface area contributed by atoms with Gasteiger partial charge in [-0.15, -0.1) is 0 Å². The van der Waals surface area contributed by atoms with Crippen LogP contribution in [0.1, 0.15) is 18.1 Å². The molecule has 0 saturated heterocycles. The molecule has 0 aliphatic carbocycles. The fourth-order valence-electron chi connectivity index (χ4n) is 2.01. The highest BCUT2D eigenvalue weighted by Crippen LogP contribution is 2.33. The van der Waals surface area contributed by atoms with Crippen LogP contribution in [0.2, 0.25) is 0 Å². The van der Waals surface area contributed by atoms with Gasteiger partial charge in [0.25, 0.3) is 0 Å². The SMILES string of the molecule is COc1ccc(Oc2ncc(CC(C)N)cc2C)c(Br)c1. The second-order valence-electron chi connectivity index (χ2n) is 5.05. The Balaban J connectivity index is 2.20. The maximum absolute atomic E-state index is 5.85. The minimum atomic E-state index is 0.119. The predicted molar refractivity (Wildman–Crippen MR) is 87.1 cm³/mol. The van der Waals surface area contributed by atoms with E-state index in [0.29, 0.717) is 11.6 Å². The zero-order valence-electron chi connectivity index (χ0n) is 12.4.